The maximum atomic E-state index is 13.4. The van der Waals surface area contributed by atoms with Crippen molar-refractivity contribution in [1.29, 1.82) is 0 Å². The second-order valence-corrected chi connectivity index (χ2v) is 11.1. The van der Waals surface area contributed by atoms with Crippen LogP contribution in [0.1, 0.15) is 64.5 Å². The van der Waals surface area contributed by atoms with Gasteiger partial charge in [-0.15, -0.1) is 0 Å². The molecule has 0 aliphatic heterocycles. The first-order chi connectivity index (χ1) is 18.5. The Kier molecular flexibility index (Phi) is 8.14. The monoisotopic (exact) mass is 526 g/mol. The van der Waals surface area contributed by atoms with Crippen molar-refractivity contribution in [3.8, 4) is 22.6 Å². The minimum Gasteiger partial charge on any atom is -0.491 e. The summed E-state index contributed by atoms with van der Waals surface area (Å²) in [5.74, 6) is 0.256. The summed E-state index contributed by atoms with van der Waals surface area (Å²) < 4.78 is 13.2. The van der Waals surface area contributed by atoms with E-state index >= 15 is 0 Å². The van der Waals surface area contributed by atoms with Crippen molar-refractivity contribution in [2.45, 2.75) is 60.0 Å². The molecule has 0 bridgehead atoms. The average molecular weight is 527 g/mol. The third kappa shape index (κ3) is 6.17. The van der Waals surface area contributed by atoms with Gasteiger partial charge in [-0.25, -0.2) is 4.79 Å². The van der Waals surface area contributed by atoms with Crippen LogP contribution in [0.2, 0.25) is 0 Å². The van der Waals surface area contributed by atoms with E-state index in [1.807, 2.05) is 48.7 Å². The van der Waals surface area contributed by atoms with Crippen LogP contribution in [0.4, 0.5) is 5.69 Å². The van der Waals surface area contributed by atoms with Gasteiger partial charge in [0.15, 0.2) is 5.69 Å². The second-order valence-electron chi connectivity index (χ2n) is 11.1. The van der Waals surface area contributed by atoms with Gasteiger partial charge in [-0.1, -0.05) is 51.1 Å². The maximum Gasteiger partial charge on any atom is 0.357 e. The number of carbonyl (C=O) groups is 2. The Labute approximate surface area is 230 Å². The van der Waals surface area contributed by atoms with Crippen LogP contribution in [-0.4, -0.2) is 35.6 Å². The van der Waals surface area contributed by atoms with Crippen LogP contribution in [0.15, 0.2) is 66.7 Å². The summed E-state index contributed by atoms with van der Waals surface area (Å²) in [6.07, 6.45) is 0.0524. The number of carbonyl (C=O) groups excluding carboxylic acids is 2. The minimum atomic E-state index is -0.460. The van der Waals surface area contributed by atoms with E-state index in [2.05, 4.69) is 62.5 Å². The van der Waals surface area contributed by atoms with Gasteiger partial charge in [-0.05, 0) is 86.2 Å². The standard InChI is InChI=1S/C33H38N2O4/c1-8-38-32(37)31-30(34-20-22(4)36)28-19-24(23-9-12-25(13-10-23)33(5,6)7)11-18-29(28)35(31)26-14-16-27(17-15-26)39-21(2)3/h9-19,21,34H,8,20H2,1-7H3. The zero-order chi connectivity index (χ0) is 28.3. The summed E-state index contributed by atoms with van der Waals surface area (Å²) in [6.45, 7) is 14.2. The van der Waals surface area contributed by atoms with Crippen molar-refractivity contribution < 1.29 is 19.1 Å². The Morgan fingerprint density at radius 3 is 2.13 bits per heavy atom. The molecule has 1 aromatic heterocycles. The smallest absolute Gasteiger partial charge is 0.357 e. The van der Waals surface area contributed by atoms with E-state index < -0.39 is 5.97 Å². The van der Waals surface area contributed by atoms with Gasteiger partial charge in [-0.3, -0.25) is 4.79 Å². The third-order valence-electron chi connectivity index (χ3n) is 6.50. The number of anilines is 1. The molecule has 39 heavy (non-hydrogen) atoms. The van der Waals surface area contributed by atoms with Crippen LogP contribution in [0, 0.1) is 0 Å². The first kappa shape index (κ1) is 28.0. The fraction of sp³-hybridized carbons (Fsp3) is 0.333. The fourth-order valence-electron chi connectivity index (χ4n) is 4.63. The van der Waals surface area contributed by atoms with Crippen LogP contribution < -0.4 is 10.1 Å². The number of ketones is 1. The van der Waals surface area contributed by atoms with Gasteiger partial charge in [0, 0.05) is 11.1 Å². The van der Waals surface area contributed by atoms with Crippen LogP contribution in [0.25, 0.3) is 27.7 Å². The van der Waals surface area contributed by atoms with E-state index in [0.717, 1.165) is 33.5 Å². The lowest BCUT2D eigenvalue weighted by atomic mass is 9.86. The molecule has 3 aromatic carbocycles. The molecule has 6 nitrogen and oxygen atoms in total. The summed E-state index contributed by atoms with van der Waals surface area (Å²) >= 11 is 0. The molecule has 0 saturated heterocycles. The van der Waals surface area contributed by atoms with Gasteiger partial charge in [0.1, 0.15) is 11.5 Å². The second kappa shape index (κ2) is 11.4. The number of aromatic nitrogens is 1. The predicted octanol–water partition coefficient (Wildman–Crippen LogP) is 7.56. The number of benzene rings is 3. The first-order valence-electron chi connectivity index (χ1n) is 13.5. The molecule has 0 unspecified atom stereocenters. The van der Waals surface area contributed by atoms with Crippen molar-refractivity contribution in [2.75, 3.05) is 18.5 Å². The van der Waals surface area contributed by atoms with E-state index in [1.165, 1.54) is 12.5 Å². The lowest BCUT2D eigenvalue weighted by Crippen LogP contribution is -2.16. The van der Waals surface area contributed by atoms with E-state index in [4.69, 9.17) is 9.47 Å². The highest BCUT2D eigenvalue weighted by atomic mass is 16.5. The summed E-state index contributed by atoms with van der Waals surface area (Å²) in [5, 5.41) is 4.07. The van der Waals surface area contributed by atoms with Gasteiger partial charge in [-0.2, -0.15) is 0 Å². The number of esters is 1. The molecule has 6 heteroatoms. The Morgan fingerprint density at radius 2 is 1.56 bits per heavy atom. The summed E-state index contributed by atoms with van der Waals surface area (Å²) in [4.78, 5) is 25.3. The van der Waals surface area contributed by atoms with Crippen molar-refractivity contribution in [1.82, 2.24) is 4.57 Å². The molecule has 0 saturated carbocycles. The molecule has 0 radical (unpaired) electrons. The average Bonchev–Trinajstić information content (AvgIpc) is 3.21. The molecule has 4 aromatic rings. The summed E-state index contributed by atoms with van der Waals surface area (Å²) in [7, 11) is 0. The molecular formula is C33H38N2O4. The normalized spacial score (nSPS) is 11.6. The Hall–Kier alpha value is -4.06. The zero-order valence-electron chi connectivity index (χ0n) is 23.9. The largest absolute Gasteiger partial charge is 0.491 e. The molecular weight excluding hydrogens is 488 g/mol. The van der Waals surface area contributed by atoms with Crippen molar-refractivity contribution in [2.24, 2.45) is 0 Å². The highest BCUT2D eigenvalue weighted by Crippen LogP contribution is 2.38. The number of ether oxygens (including phenoxy) is 2. The summed E-state index contributed by atoms with van der Waals surface area (Å²) in [6, 6.07) is 22.3. The van der Waals surface area contributed by atoms with Crippen molar-refractivity contribution in [3.63, 3.8) is 0 Å². The number of hydrogen-bond acceptors (Lipinski definition) is 5. The number of nitrogens with zero attached hydrogens (tertiary/aromatic N) is 1. The van der Waals surface area contributed by atoms with Crippen LogP contribution in [0.5, 0.6) is 5.75 Å². The van der Waals surface area contributed by atoms with Crippen molar-refractivity contribution >= 4 is 28.3 Å². The fourth-order valence-corrected chi connectivity index (χ4v) is 4.63. The van der Waals surface area contributed by atoms with Crippen molar-refractivity contribution in [3.05, 3.63) is 78.0 Å². The van der Waals surface area contributed by atoms with E-state index in [0.29, 0.717) is 11.4 Å². The number of nitrogens with one attached hydrogen (secondary N) is 1. The van der Waals surface area contributed by atoms with Gasteiger partial charge < -0.3 is 19.4 Å². The van der Waals surface area contributed by atoms with E-state index in [-0.39, 0.29) is 30.5 Å². The quantitative estimate of drug-likeness (QED) is 0.228. The zero-order valence-corrected chi connectivity index (χ0v) is 23.9. The highest BCUT2D eigenvalue weighted by molar-refractivity contribution is 6.09. The topological polar surface area (TPSA) is 69.6 Å². The lowest BCUT2D eigenvalue weighted by molar-refractivity contribution is -0.115. The molecule has 0 spiro atoms. The van der Waals surface area contributed by atoms with Crippen LogP contribution >= 0.6 is 0 Å². The molecule has 4 rings (SSSR count). The molecule has 204 valence electrons. The third-order valence-corrected chi connectivity index (χ3v) is 6.50. The molecule has 0 aliphatic rings. The molecule has 0 fully saturated rings. The summed E-state index contributed by atoms with van der Waals surface area (Å²) in [5.41, 5.74) is 5.96. The first-order valence-corrected chi connectivity index (χ1v) is 13.5. The van der Waals surface area contributed by atoms with E-state index in [9.17, 15) is 9.59 Å². The Morgan fingerprint density at radius 1 is 0.923 bits per heavy atom. The van der Waals surface area contributed by atoms with Gasteiger partial charge in [0.05, 0.1) is 30.5 Å². The SMILES string of the molecule is CCOC(=O)c1c(NCC(C)=O)c2cc(-c3ccc(C(C)(C)C)cc3)ccc2n1-c1ccc(OC(C)C)cc1. The van der Waals surface area contributed by atoms with Gasteiger partial charge in [0.25, 0.3) is 0 Å². The lowest BCUT2D eigenvalue weighted by Gasteiger charge is -2.19. The molecule has 0 atom stereocenters. The minimum absolute atomic E-state index is 0.0326. The number of fused-ring (bicyclic) bond motifs is 1. The number of rotatable bonds is 9. The number of hydrogen-bond donors (Lipinski definition) is 1. The van der Waals surface area contributed by atoms with Gasteiger partial charge in [0.2, 0.25) is 0 Å². The highest BCUT2D eigenvalue weighted by Gasteiger charge is 2.26. The Bertz CT molecular complexity index is 1470. The predicted molar refractivity (Wildman–Crippen MR) is 158 cm³/mol. The molecule has 0 aliphatic carbocycles. The molecule has 0 amide bonds. The van der Waals surface area contributed by atoms with Gasteiger partial charge >= 0.3 is 5.97 Å². The molecule has 1 heterocycles. The van der Waals surface area contributed by atoms with Crippen LogP contribution in [0.3, 0.4) is 0 Å². The maximum absolute atomic E-state index is 13.4. The number of Topliss-reactive ketones (excluding diaryl/α,β-unsaturated/α-hetero) is 1. The molecule has 1 N–H and O–H groups in total. The van der Waals surface area contributed by atoms with Crippen LogP contribution in [-0.2, 0) is 14.9 Å². The Balaban J connectivity index is 1.93. The van der Waals surface area contributed by atoms with E-state index in [1.54, 1.807) is 6.92 Å².